The molecule has 2 aromatic carbocycles. The number of pyridine rings is 2. The molecule has 0 saturated carbocycles. The maximum Gasteiger partial charge on any atom is 0.225 e. The molecule has 7 nitrogen and oxygen atoms in total. The number of fused-ring (bicyclic) bond motifs is 1. The molecule has 0 aliphatic rings. The van der Waals surface area contributed by atoms with E-state index in [0.29, 0.717) is 36.1 Å². The highest BCUT2D eigenvalue weighted by molar-refractivity contribution is 6.01. The fraction of sp³-hybridized carbons (Fsp3) is 0.214. The van der Waals surface area contributed by atoms with Crippen molar-refractivity contribution in [1.82, 2.24) is 9.97 Å². The molecule has 0 aliphatic carbocycles. The largest absolute Gasteiger partial charge is 0.490 e. The summed E-state index contributed by atoms with van der Waals surface area (Å²) in [7, 11) is 0. The molecule has 7 heteroatoms. The Morgan fingerprint density at radius 3 is 2.37 bits per heavy atom. The average Bonchev–Trinajstić information content (AvgIpc) is 2.88. The van der Waals surface area contributed by atoms with Crippen molar-refractivity contribution in [3.63, 3.8) is 0 Å². The molecule has 4 aromatic rings. The number of Topliss-reactive ketones (excluding diaryl/α,β-unsaturated/α-hetero) is 1. The number of rotatable bonds is 10. The molecule has 2 aromatic heterocycles. The summed E-state index contributed by atoms with van der Waals surface area (Å²) in [6.07, 6.45) is 3.56. The van der Waals surface area contributed by atoms with E-state index < -0.39 is 0 Å². The first-order chi connectivity index (χ1) is 17.1. The van der Waals surface area contributed by atoms with Gasteiger partial charge in [-0.3, -0.25) is 14.6 Å². The van der Waals surface area contributed by atoms with E-state index in [0.717, 1.165) is 22.0 Å². The smallest absolute Gasteiger partial charge is 0.225 e. The Hall–Kier alpha value is -4.26. The van der Waals surface area contributed by atoms with Crippen molar-refractivity contribution in [3.8, 4) is 22.6 Å². The van der Waals surface area contributed by atoms with Crippen LogP contribution >= 0.6 is 0 Å². The van der Waals surface area contributed by atoms with Crippen molar-refractivity contribution >= 4 is 28.4 Å². The molecular weight excluding hydrogens is 442 g/mol. The first-order valence-electron chi connectivity index (χ1n) is 11.6. The Labute approximate surface area is 204 Å². The van der Waals surface area contributed by atoms with Gasteiger partial charge in [-0.2, -0.15) is 0 Å². The van der Waals surface area contributed by atoms with E-state index in [9.17, 15) is 9.59 Å². The van der Waals surface area contributed by atoms with E-state index in [1.54, 1.807) is 30.6 Å². The summed E-state index contributed by atoms with van der Waals surface area (Å²) >= 11 is 0. The van der Waals surface area contributed by atoms with E-state index in [1.807, 2.05) is 56.3 Å². The van der Waals surface area contributed by atoms with Gasteiger partial charge in [-0.25, -0.2) is 4.98 Å². The number of amides is 1. The number of carbonyl (C=O) groups excluding carboxylic acids is 2. The number of anilines is 1. The van der Waals surface area contributed by atoms with Gasteiger partial charge in [0.05, 0.1) is 18.7 Å². The van der Waals surface area contributed by atoms with Crippen LogP contribution in [-0.2, 0) is 4.79 Å². The molecular formula is C28H27N3O4. The van der Waals surface area contributed by atoms with Crippen LogP contribution in [0.4, 0.5) is 5.82 Å². The molecule has 178 valence electrons. The minimum Gasteiger partial charge on any atom is -0.490 e. The van der Waals surface area contributed by atoms with Gasteiger partial charge in [0.15, 0.2) is 17.3 Å². The van der Waals surface area contributed by atoms with Crippen molar-refractivity contribution in [2.45, 2.75) is 26.7 Å². The highest BCUT2D eigenvalue weighted by Gasteiger charge is 2.15. The minimum absolute atomic E-state index is 0.0368. The fourth-order valence-electron chi connectivity index (χ4n) is 3.81. The number of nitrogens with one attached hydrogen (secondary N) is 1. The van der Waals surface area contributed by atoms with Gasteiger partial charge < -0.3 is 14.8 Å². The van der Waals surface area contributed by atoms with Crippen molar-refractivity contribution < 1.29 is 19.1 Å². The van der Waals surface area contributed by atoms with Gasteiger partial charge in [0, 0.05) is 36.2 Å². The number of ether oxygens (including phenoxy) is 2. The molecule has 0 atom stereocenters. The number of nitrogens with zero attached hydrogens (tertiary/aromatic N) is 2. The summed E-state index contributed by atoms with van der Waals surface area (Å²) in [5.41, 5.74) is 3.17. The van der Waals surface area contributed by atoms with Crippen LogP contribution < -0.4 is 14.8 Å². The predicted molar refractivity (Wildman–Crippen MR) is 136 cm³/mol. The average molecular weight is 470 g/mol. The number of ketones is 1. The maximum atomic E-state index is 12.7. The topological polar surface area (TPSA) is 90.4 Å². The second kappa shape index (κ2) is 11.2. The Morgan fingerprint density at radius 2 is 1.60 bits per heavy atom. The van der Waals surface area contributed by atoms with Crippen LogP contribution in [0.5, 0.6) is 11.5 Å². The second-order valence-electron chi connectivity index (χ2n) is 7.81. The Bertz CT molecular complexity index is 1340. The lowest BCUT2D eigenvalue weighted by Crippen LogP contribution is -2.14. The normalized spacial score (nSPS) is 10.7. The lowest BCUT2D eigenvalue weighted by molar-refractivity contribution is -0.116. The molecule has 0 aliphatic heterocycles. The van der Waals surface area contributed by atoms with Crippen LogP contribution in [-0.4, -0.2) is 34.9 Å². The summed E-state index contributed by atoms with van der Waals surface area (Å²) in [5.74, 6) is 1.13. The van der Waals surface area contributed by atoms with Gasteiger partial charge in [-0.05, 0) is 67.4 Å². The molecule has 0 saturated heterocycles. The molecule has 0 fully saturated rings. The molecule has 2 heterocycles. The highest BCUT2D eigenvalue weighted by Crippen LogP contribution is 2.31. The van der Waals surface area contributed by atoms with Gasteiger partial charge in [-0.1, -0.05) is 18.2 Å². The predicted octanol–water partition coefficient (Wildman–Crippen LogP) is 5.70. The van der Waals surface area contributed by atoms with Gasteiger partial charge in [0.2, 0.25) is 5.91 Å². The number of benzene rings is 2. The van der Waals surface area contributed by atoms with Crippen molar-refractivity contribution in [2.24, 2.45) is 0 Å². The standard InChI is InChI=1S/C28H27N3O4/c1-3-34-25-11-9-20(17-26(25)35-4-2)24(32)10-12-28(33)31-27-18-22(19-13-15-29-16-14-19)21-7-5-6-8-23(21)30-27/h5-9,11,13-18H,3-4,10,12H2,1-2H3,(H,30,31,33). The lowest BCUT2D eigenvalue weighted by atomic mass is 10.0. The Balaban J connectivity index is 1.47. The van der Waals surface area contributed by atoms with E-state index >= 15 is 0 Å². The van der Waals surface area contributed by atoms with Crippen molar-refractivity contribution in [2.75, 3.05) is 18.5 Å². The number of hydrogen-bond acceptors (Lipinski definition) is 6. The van der Waals surface area contributed by atoms with Crippen molar-refractivity contribution in [1.29, 1.82) is 0 Å². The van der Waals surface area contributed by atoms with Crippen LogP contribution in [0.1, 0.15) is 37.0 Å². The molecule has 0 spiro atoms. The van der Waals surface area contributed by atoms with E-state index in [2.05, 4.69) is 15.3 Å². The summed E-state index contributed by atoms with van der Waals surface area (Å²) in [6, 6.07) is 18.5. The van der Waals surface area contributed by atoms with E-state index in [4.69, 9.17) is 9.47 Å². The number of hydrogen-bond donors (Lipinski definition) is 1. The van der Waals surface area contributed by atoms with Gasteiger partial charge in [0.25, 0.3) is 0 Å². The van der Waals surface area contributed by atoms with Crippen LogP contribution in [0.25, 0.3) is 22.0 Å². The third-order valence-corrected chi connectivity index (χ3v) is 5.42. The number of aromatic nitrogens is 2. The first kappa shape index (κ1) is 23.9. The second-order valence-corrected chi connectivity index (χ2v) is 7.81. The summed E-state index contributed by atoms with van der Waals surface area (Å²) in [4.78, 5) is 34.1. The summed E-state index contributed by atoms with van der Waals surface area (Å²) in [5, 5.41) is 3.83. The quantitative estimate of drug-likeness (QED) is 0.300. The fourth-order valence-corrected chi connectivity index (χ4v) is 3.81. The third kappa shape index (κ3) is 5.81. The first-order valence-corrected chi connectivity index (χ1v) is 11.6. The molecule has 35 heavy (non-hydrogen) atoms. The molecule has 4 rings (SSSR count). The minimum atomic E-state index is -0.280. The van der Waals surface area contributed by atoms with Crippen LogP contribution in [0.2, 0.25) is 0 Å². The van der Waals surface area contributed by atoms with E-state index in [-0.39, 0.29) is 24.5 Å². The van der Waals surface area contributed by atoms with Crippen molar-refractivity contribution in [3.05, 3.63) is 78.6 Å². The highest BCUT2D eigenvalue weighted by atomic mass is 16.5. The van der Waals surface area contributed by atoms with Crippen LogP contribution in [0.3, 0.4) is 0 Å². The summed E-state index contributed by atoms with van der Waals surface area (Å²) < 4.78 is 11.1. The van der Waals surface area contributed by atoms with Crippen LogP contribution in [0.15, 0.2) is 73.1 Å². The maximum absolute atomic E-state index is 12.7. The van der Waals surface area contributed by atoms with Gasteiger partial charge >= 0.3 is 0 Å². The van der Waals surface area contributed by atoms with Crippen LogP contribution in [0, 0.1) is 0 Å². The molecule has 0 radical (unpaired) electrons. The van der Waals surface area contributed by atoms with Gasteiger partial charge in [0.1, 0.15) is 5.82 Å². The van der Waals surface area contributed by atoms with E-state index in [1.165, 1.54) is 0 Å². The monoisotopic (exact) mass is 469 g/mol. The molecule has 0 bridgehead atoms. The lowest BCUT2D eigenvalue weighted by Gasteiger charge is -2.12. The Kier molecular flexibility index (Phi) is 7.67. The third-order valence-electron chi connectivity index (χ3n) is 5.42. The molecule has 1 amide bonds. The number of carbonyl (C=O) groups is 2. The summed E-state index contributed by atoms with van der Waals surface area (Å²) in [6.45, 7) is 4.72. The molecule has 1 N–H and O–H groups in total. The molecule has 0 unspecified atom stereocenters. The zero-order valence-electron chi connectivity index (χ0n) is 19.8. The zero-order valence-corrected chi connectivity index (χ0v) is 19.8. The SMILES string of the molecule is CCOc1ccc(C(=O)CCC(=O)Nc2cc(-c3ccncc3)c3ccccc3n2)cc1OCC. The zero-order chi connectivity index (χ0) is 24.6. The Morgan fingerprint density at radius 1 is 0.857 bits per heavy atom. The number of para-hydroxylation sites is 1. The van der Waals surface area contributed by atoms with Gasteiger partial charge in [-0.15, -0.1) is 0 Å².